The van der Waals surface area contributed by atoms with Gasteiger partial charge in [0.15, 0.2) is 15.7 Å². The van der Waals surface area contributed by atoms with Gasteiger partial charge in [0.2, 0.25) is 5.89 Å². The fraction of sp³-hybridized carbons (Fsp3) is 0.308. The summed E-state index contributed by atoms with van der Waals surface area (Å²) in [6.07, 6.45) is 0.515. The van der Waals surface area contributed by atoms with Gasteiger partial charge in [-0.1, -0.05) is 18.1 Å². The maximum atomic E-state index is 12.3. The molecule has 0 bridgehead atoms. The van der Waals surface area contributed by atoms with E-state index in [0.29, 0.717) is 17.9 Å². The number of carboxylic acids is 1. The zero-order valence-corrected chi connectivity index (χ0v) is 12.3. The van der Waals surface area contributed by atoms with E-state index in [4.69, 9.17) is 9.63 Å². The van der Waals surface area contributed by atoms with Crippen LogP contribution in [-0.2, 0) is 22.0 Å². The van der Waals surface area contributed by atoms with Gasteiger partial charge in [-0.15, -0.1) is 0 Å². The summed E-state index contributed by atoms with van der Waals surface area (Å²) in [5.41, 5.74) is 0.452. The van der Waals surface area contributed by atoms with Crippen LogP contribution in [0.5, 0.6) is 0 Å². The molecule has 7 nitrogen and oxygen atoms in total. The van der Waals surface area contributed by atoms with E-state index < -0.39 is 21.6 Å². The molecule has 2 aromatic rings. The van der Waals surface area contributed by atoms with Crippen molar-refractivity contribution in [3.8, 4) is 0 Å². The van der Waals surface area contributed by atoms with E-state index in [-0.39, 0.29) is 16.3 Å². The maximum absolute atomic E-state index is 12.3. The third kappa shape index (κ3) is 3.27. The molecular weight excluding hydrogens is 296 g/mol. The molecule has 8 heteroatoms. The van der Waals surface area contributed by atoms with Crippen LogP contribution in [0.15, 0.2) is 27.6 Å². The third-order valence-corrected chi connectivity index (χ3v) is 4.54. The number of hydrogen-bond acceptors (Lipinski definition) is 6. The van der Waals surface area contributed by atoms with Crippen LogP contribution in [0.4, 0.5) is 0 Å². The Hall–Kier alpha value is -2.22. The molecule has 112 valence electrons. The van der Waals surface area contributed by atoms with Crippen molar-refractivity contribution in [3.05, 3.63) is 41.0 Å². The zero-order valence-electron chi connectivity index (χ0n) is 11.5. The van der Waals surface area contributed by atoms with E-state index in [0.717, 1.165) is 6.07 Å². The molecular formula is C13H14N2O5S. The summed E-state index contributed by atoms with van der Waals surface area (Å²) in [6, 6.07) is 3.98. The highest BCUT2D eigenvalue weighted by molar-refractivity contribution is 7.90. The second-order valence-electron chi connectivity index (χ2n) is 4.50. The van der Waals surface area contributed by atoms with Crippen molar-refractivity contribution in [2.45, 2.75) is 30.9 Å². The van der Waals surface area contributed by atoms with Crippen molar-refractivity contribution in [1.82, 2.24) is 10.1 Å². The van der Waals surface area contributed by atoms with Crippen LogP contribution >= 0.6 is 0 Å². The molecule has 1 N–H and O–H groups in total. The van der Waals surface area contributed by atoms with Gasteiger partial charge < -0.3 is 9.63 Å². The number of sulfone groups is 1. The summed E-state index contributed by atoms with van der Waals surface area (Å²) in [5.74, 6) is -1.18. The largest absolute Gasteiger partial charge is 0.478 e. The third-order valence-electron chi connectivity index (χ3n) is 2.93. The number of aryl methyl sites for hydroxylation is 2. The minimum absolute atomic E-state index is 0.0431. The molecule has 21 heavy (non-hydrogen) atoms. The molecule has 1 aromatic carbocycles. The van der Waals surface area contributed by atoms with Crippen molar-refractivity contribution in [2.24, 2.45) is 0 Å². The number of hydrogen-bond donors (Lipinski definition) is 1. The topological polar surface area (TPSA) is 110 Å². The van der Waals surface area contributed by atoms with E-state index in [1.54, 1.807) is 6.92 Å². The first-order valence-corrected chi connectivity index (χ1v) is 7.87. The minimum Gasteiger partial charge on any atom is -0.478 e. The van der Waals surface area contributed by atoms with Crippen molar-refractivity contribution < 1.29 is 22.8 Å². The van der Waals surface area contributed by atoms with Crippen LogP contribution < -0.4 is 0 Å². The van der Waals surface area contributed by atoms with E-state index in [1.165, 1.54) is 12.1 Å². The molecule has 0 saturated carbocycles. The molecule has 0 aliphatic carbocycles. The smallest absolute Gasteiger partial charge is 0.335 e. The summed E-state index contributed by atoms with van der Waals surface area (Å²) in [4.78, 5) is 14.9. The van der Waals surface area contributed by atoms with Crippen LogP contribution in [0.25, 0.3) is 0 Å². The van der Waals surface area contributed by atoms with Crippen molar-refractivity contribution in [1.29, 1.82) is 0 Å². The molecule has 0 radical (unpaired) electrons. The Morgan fingerprint density at radius 1 is 1.38 bits per heavy atom. The van der Waals surface area contributed by atoms with Gasteiger partial charge in [-0.05, 0) is 24.6 Å². The molecule has 0 unspecified atom stereocenters. The molecule has 1 heterocycles. The average molecular weight is 310 g/mol. The number of aromatic nitrogens is 2. The van der Waals surface area contributed by atoms with Gasteiger partial charge in [0.25, 0.3) is 0 Å². The Labute approximate surface area is 121 Å². The van der Waals surface area contributed by atoms with Gasteiger partial charge in [-0.2, -0.15) is 4.98 Å². The molecule has 0 saturated heterocycles. The van der Waals surface area contributed by atoms with Gasteiger partial charge in [-0.25, -0.2) is 13.2 Å². The van der Waals surface area contributed by atoms with E-state index >= 15 is 0 Å². The van der Waals surface area contributed by atoms with Crippen LogP contribution in [0.1, 0.15) is 34.6 Å². The molecule has 0 fully saturated rings. The Balaban J connectivity index is 2.35. The Morgan fingerprint density at radius 2 is 2.10 bits per heavy atom. The lowest BCUT2D eigenvalue weighted by Crippen LogP contribution is -2.09. The predicted octanol–water partition coefficient (Wildman–Crippen LogP) is 1.61. The van der Waals surface area contributed by atoms with Gasteiger partial charge in [0.1, 0.15) is 5.75 Å². The lowest BCUT2D eigenvalue weighted by Gasteiger charge is -2.05. The monoisotopic (exact) mass is 310 g/mol. The Bertz CT molecular complexity index is 780. The predicted molar refractivity (Wildman–Crippen MR) is 72.7 cm³/mol. The quantitative estimate of drug-likeness (QED) is 0.893. The summed E-state index contributed by atoms with van der Waals surface area (Å²) < 4.78 is 29.4. The number of nitrogens with zero attached hydrogens (tertiary/aromatic N) is 2. The molecule has 1 aromatic heterocycles. The highest BCUT2D eigenvalue weighted by atomic mass is 32.2. The van der Waals surface area contributed by atoms with Crippen LogP contribution in [0.2, 0.25) is 0 Å². The minimum atomic E-state index is -3.73. The Kier molecular flexibility index (Phi) is 4.08. The van der Waals surface area contributed by atoms with Crippen LogP contribution in [-0.4, -0.2) is 29.6 Å². The summed E-state index contributed by atoms with van der Waals surface area (Å²) >= 11 is 0. The second-order valence-corrected chi connectivity index (χ2v) is 6.49. The van der Waals surface area contributed by atoms with Gasteiger partial charge >= 0.3 is 5.97 Å². The van der Waals surface area contributed by atoms with Crippen molar-refractivity contribution >= 4 is 15.8 Å². The summed E-state index contributed by atoms with van der Waals surface area (Å²) in [5, 5.41) is 12.6. The highest BCUT2D eigenvalue weighted by Crippen LogP contribution is 2.19. The molecule has 0 amide bonds. The van der Waals surface area contributed by atoms with E-state index in [2.05, 4.69) is 10.1 Å². The summed E-state index contributed by atoms with van der Waals surface area (Å²) in [7, 11) is -3.73. The lowest BCUT2D eigenvalue weighted by atomic mass is 10.1. The number of benzene rings is 1. The molecule has 0 aliphatic heterocycles. The van der Waals surface area contributed by atoms with Crippen molar-refractivity contribution in [3.63, 3.8) is 0 Å². The first-order chi connectivity index (χ1) is 9.83. The normalized spacial score (nSPS) is 11.5. The zero-order chi connectivity index (χ0) is 15.6. The van der Waals surface area contributed by atoms with Crippen LogP contribution in [0, 0.1) is 6.92 Å². The van der Waals surface area contributed by atoms with Gasteiger partial charge in [0, 0.05) is 6.42 Å². The standard InChI is InChI=1S/C13H14N2O5S/c1-3-12-14-11(15-20-12)7-21(18,19)9-5-4-8(2)10(6-9)13(16)17/h4-6H,3,7H2,1-2H3,(H,16,17). The van der Waals surface area contributed by atoms with E-state index in [1.807, 2.05) is 6.92 Å². The summed E-state index contributed by atoms with van der Waals surface area (Å²) in [6.45, 7) is 3.41. The first kappa shape index (κ1) is 15.2. The number of carbonyl (C=O) groups is 1. The lowest BCUT2D eigenvalue weighted by molar-refractivity contribution is 0.0696. The molecule has 0 atom stereocenters. The highest BCUT2D eigenvalue weighted by Gasteiger charge is 2.21. The number of rotatable bonds is 5. The average Bonchev–Trinajstić information content (AvgIpc) is 2.85. The number of carboxylic acid groups (broad SMARTS) is 1. The van der Waals surface area contributed by atoms with Gasteiger partial charge in [-0.3, -0.25) is 0 Å². The molecule has 0 spiro atoms. The van der Waals surface area contributed by atoms with Crippen LogP contribution in [0.3, 0.4) is 0 Å². The van der Waals surface area contributed by atoms with Gasteiger partial charge in [0.05, 0.1) is 10.5 Å². The van der Waals surface area contributed by atoms with Crippen molar-refractivity contribution in [2.75, 3.05) is 0 Å². The van der Waals surface area contributed by atoms with E-state index in [9.17, 15) is 13.2 Å². The number of aromatic carboxylic acids is 1. The first-order valence-electron chi connectivity index (χ1n) is 6.21. The molecule has 2 rings (SSSR count). The fourth-order valence-electron chi connectivity index (χ4n) is 1.77. The molecule has 0 aliphatic rings. The SMILES string of the molecule is CCc1nc(CS(=O)(=O)c2ccc(C)c(C(=O)O)c2)no1. The second kappa shape index (κ2) is 5.65. The Morgan fingerprint density at radius 3 is 2.67 bits per heavy atom. The maximum Gasteiger partial charge on any atom is 0.335 e. The fourth-order valence-corrected chi connectivity index (χ4v) is 2.97.